The third kappa shape index (κ3) is 3.10. The maximum atomic E-state index is 5.74. The van der Waals surface area contributed by atoms with E-state index in [0.29, 0.717) is 11.8 Å². The van der Waals surface area contributed by atoms with Crippen molar-refractivity contribution in [1.82, 2.24) is 0 Å². The zero-order valence-corrected chi connectivity index (χ0v) is 12.1. The predicted octanol–water partition coefficient (Wildman–Crippen LogP) is 3.49. The van der Waals surface area contributed by atoms with Crippen molar-refractivity contribution in [2.45, 2.75) is 33.1 Å². The van der Waals surface area contributed by atoms with Gasteiger partial charge in [0.1, 0.15) is 5.69 Å². The Balaban J connectivity index is 2.14. The summed E-state index contributed by atoms with van der Waals surface area (Å²) in [5.41, 5.74) is 9.67. The summed E-state index contributed by atoms with van der Waals surface area (Å²) < 4.78 is 0. The van der Waals surface area contributed by atoms with Gasteiger partial charge in [0.15, 0.2) is 0 Å². The molecule has 0 saturated carbocycles. The Morgan fingerprint density at radius 1 is 1.17 bits per heavy atom. The van der Waals surface area contributed by atoms with Gasteiger partial charge in [-0.1, -0.05) is 56.4 Å². The van der Waals surface area contributed by atoms with Crippen LogP contribution in [0.3, 0.4) is 0 Å². The van der Waals surface area contributed by atoms with Crippen molar-refractivity contribution in [2.75, 3.05) is 5.73 Å². The van der Waals surface area contributed by atoms with Crippen LogP contribution in [0.1, 0.15) is 43.5 Å². The third-order valence-corrected chi connectivity index (χ3v) is 3.90. The zero-order valence-electron chi connectivity index (χ0n) is 11.2. The van der Waals surface area contributed by atoms with Crippen molar-refractivity contribution in [3.63, 3.8) is 0 Å². The first kappa shape index (κ1) is 13.1. The van der Waals surface area contributed by atoms with E-state index in [1.54, 1.807) is 11.3 Å². The highest BCUT2D eigenvalue weighted by molar-refractivity contribution is 7.13. The first-order chi connectivity index (χ1) is 8.56. The number of hydrogen-bond acceptors (Lipinski definition) is 2. The van der Waals surface area contributed by atoms with Gasteiger partial charge in [0.2, 0.25) is 0 Å². The Morgan fingerprint density at radius 3 is 2.33 bits per heavy atom. The van der Waals surface area contributed by atoms with Crippen LogP contribution in [-0.4, -0.2) is 0 Å². The number of nitrogen functional groups attached to an aromatic ring is 1. The summed E-state index contributed by atoms with van der Waals surface area (Å²) in [4.78, 5) is 3.22. The maximum absolute atomic E-state index is 5.74. The van der Waals surface area contributed by atoms with Crippen LogP contribution in [0.2, 0.25) is 0 Å². The Labute approximate surface area is 113 Å². The van der Waals surface area contributed by atoms with E-state index in [-0.39, 0.29) is 0 Å². The molecule has 0 radical (unpaired) electrons. The molecule has 2 aromatic rings. The van der Waals surface area contributed by atoms with E-state index in [9.17, 15) is 0 Å². The first-order valence-electron chi connectivity index (χ1n) is 6.41. The molecule has 0 amide bonds. The zero-order chi connectivity index (χ0) is 13.1. The van der Waals surface area contributed by atoms with Crippen LogP contribution < -0.4 is 10.7 Å². The molecule has 2 nitrogen and oxygen atoms in total. The van der Waals surface area contributed by atoms with Crippen LogP contribution >= 0.6 is 11.3 Å². The number of H-pyrrole nitrogens is 1. The molecule has 0 aliphatic heterocycles. The van der Waals surface area contributed by atoms with E-state index in [1.807, 2.05) is 0 Å². The molecule has 18 heavy (non-hydrogen) atoms. The Bertz CT molecular complexity index is 499. The van der Waals surface area contributed by atoms with Crippen molar-refractivity contribution in [3.8, 4) is 0 Å². The molecule has 1 aromatic carbocycles. The number of benzene rings is 1. The Kier molecular flexibility index (Phi) is 4.02. The highest BCUT2D eigenvalue weighted by atomic mass is 32.1. The fourth-order valence-electron chi connectivity index (χ4n) is 2.13. The molecule has 3 heteroatoms. The molecule has 96 valence electrons. The topological polar surface area (TPSA) is 40.2 Å². The number of thiazole rings is 1. The molecule has 1 aromatic heterocycles. The fraction of sp³-hybridized carbons (Fsp3) is 0.400. The lowest BCUT2D eigenvalue weighted by Crippen LogP contribution is -2.13. The Morgan fingerprint density at radius 2 is 1.83 bits per heavy atom. The van der Waals surface area contributed by atoms with Gasteiger partial charge in [0.05, 0.1) is 0 Å². The molecule has 0 spiro atoms. The highest BCUT2D eigenvalue weighted by Crippen LogP contribution is 2.24. The van der Waals surface area contributed by atoms with Crippen molar-refractivity contribution in [1.29, 1.82) is 0 Å². The molecule has 1 heterocycles. The van der Waals surface area contributed by atoms with Gasteiger partial charge in [0, 0.05) is 11.3 Å². The SMILES string of the molecule is CC(C)Cc1ccc(C(C)c2csc(N)[nH+]2)cc1. The molecule has 3 N–H and O–H groups in total. The van der Waals surface area contributed by atoms with Gasteiger partial charge < -0.3 is 0 Å². The minimum absolute atomic E-state index is 0.367. The van der Waals surface area contributed by atoms with E-state index in [2.05, 4.69) is 55.4 Å². The smallest absolute Gasteiger partial charge is 0.278 e. The molecule has 0 aliphatic rings. The van der Waals surface area contributed by atoms with E-state index >= 15 is 0 Å². The van der Waals surface area contributed by atoms with Gasteiger partial charge in [-0.15, -0.1) is 0 Å². The summed E-state index contributed by atoms with van der Waals surface area (Å²) in [6, 6.07) is 8.93. The number of aromatic amines is 1. The van der Waals surface area contributed by atoms with Crippen LogP contribution in [0, 0.1) is 5.92 Å². The summed E-state index contributed by atoms with van der Waals surface area (Å²) in [5, 5.41) is 2.87. The number of nitrogens with two attached hydrogens (primary N) is 1. The van der Waals surface area contributed by atoms with E-state index in [0.717, 1.165) is 11.6 Å². The monoisotopic (exact) mass is 261 g/mol. The molecular formula is C15H21N2S+. The number of anilines is 1. The van der Waals surface area contributed by atoms with E-state index in [1.165, 1.54) is 16.8 Å². The summed E-state index contributed by atoms with van der Waals surface area (Å²) in [6.45, 7) is 6.70. The average molecular weight is 261 g/mol. The standard InChI is InChI=1S/C15H20N2S/c1-10(2)8-12-4-6-13(7-5-12)11(3)14-9-18-15(16)17-14/h4-7,9-11H,8H2,1-3H3,(H2,16,17)/p+1. The van der Waals surface area contributed by atoms with E-state index < -0.39 is 0 Å². The van der Waals surface area contributed by atoms with Crippen LogP contribution in [0.5, 0.6) is 0 Å². The normalized spacial score (nSPS) is 12.9. The fourth-order valence-corrected chi connectivity index (χ4v) is 2.83. The summed E-state index contributed by atoms with van der Waals surface area (Å²) in [5.74, 6) is 1.07. The molecule has 0 saturated heterocycles. The van der Waals surface area contributed by atoms with Crippen molar-refractivity contribution < 1.29 is 4.98 Å². The number of nitrogens with one attached hydrogen (secondary N) is 1. The van der Waals surface area contributed by atoms with Crippen molar-refractivity contribution >= 4 is 16.5 Å². The maximum Gasteiger partial charge on any atom is 0.329 e. The van der Waals surface area contributed by atoms with Crippen LogP contribution in [0.15, 0.2) is 29.6 Å². The van der Waals surface area contributed by atoms with Crippen molar-refractivity contribution in [2.24, 2.45) is 5.92 Å². The molecule has 1 unspecified atom stereocenters. The number of rotatable bonds is 4. The second-order valence-corrected chi connectivity index (χ2v) is 6.15. The Hall–Kier alpha value is -1.35. The summed E-state index contributed by atoms with van der Waals surface area (Å²) in [6.07, 6.45) is 1.15. The second kappa shape index (κ2) is 5.53. The third-order valence-electron chi connectivity index (χ3n) is 3.17. The van der Waals surface area contributed by atoms with Crippen LogP contribution in [0.25, 0.3) is 0 Å². The van der Waals surface area contributed by atoms with Gasteiger partial charge in [0.25, 0.3) is 0 Å². The van der Waals surface area contributed by atoms with Gasteiger partial charge in [-0.3, -0.25) is 5.73 Å². The molecule has 1 atom stereocenters. The molecule has 0 fully saturated rings. The predicted molar refractivity (Wildman–Crippen MR) is 77.8 cm³/mol. The quantitative estimate of drug-likeness (QED) is 0.899. The van der Waals surface area contributed by atoms with Gasteiger partial charge in [-0.2, -0.15) is 0 Å². The van der Waals surface area contributed by atoms with E-state index in [4.69, 9.17) is 5.73 Å². The molecule has 0 bridgehead atoms. The minimum Gasteiger partial charge on any atom is -0.278 e. The lowest BCUT2D eigenvalue weighted by atomic mass is 9.95. The molecule has 2 rings (SSSR count). The largest absolute Gasteiger partial charge is 0.329 e. The summed E-state index contributed by atoms with van der Waals surface area (Å²) in [7, 11) is 0. The minimum atomic E-state index is 0.367. The van der Waals surface area contributed by atoms with Crippen LogP contribution in [-0.2, 0) is 6.42 Å². The summed E-state index contributed by atoms with van der Waals surface area (Å²) >= 11 is 1.56. The van der Waals surface area contributed by atoms with Crippen molar-refractivity contribution in [3.05, 3.63) is 46.5 Å². The lowest BCUT2D eigenvalue weighted by molar-refractivity contribution is -0.368. The lowest BCUT2D eigenvalue weighted by Gasteiger charge is -2.10. The number of aromatic nitrogens is 1. The first-order valence-corrected chi connectivity index (χ1v) is 7.29. The molecular weight excluding hydrogens is 240 g/mol. The van der Waals surface area contributed by atoms with Crippen LogP contribution in [0.4, 0.5) is 5.13 Å². The number of hydrogen-bond donors (Lipinski definition) is 1. The van der Waals surface area contributed by atoms with Gasteiger partial charge >= 0.3 is 5.13 Å². The van der Waals surface area contributed by atoms with Gasteiger partial charge in [-0.05, 0) is 23.5 Å². The highest BCUT2D eigenvalue weighted by Gasteiger charge is 2.14. The second-order valence-electron chi connectivity index (χ2n) is 5.24. The molecule has 0 aliphatic carbocycles. The van der Waals surface area contributed by atoms with Gasteiger partial charge in [-0.25, -0.2) is 4.98 Å². The average Bonchev–Trinajstić information content (AvgIpc) is 2.75.